The first kappa shape index (κ1) is 19.3. The van der Waals surface area contributed by atoms with Crippen LogP contribution in [0.25, 0.3) is 17.3 Å². The molecule has 4 aromatic rings. The second-order valence-electron chi connectivity index (χ2n) is 6.89. The van der Waals surface area contributed by atoms with Crippen molar-refractivity contribution in [2.24, 2.45) is 0 Å². The second kappa shape index (κ2) is 9.47. The van der Waals surface area contributed by atoms with E-state index in [9.17, 15) is 4.79 Å². The van der Waals surface area contributed by atoms with Crippen LogP contribution in [-0.4, -0.2) is 20.7 Å². The van der Waals surface area contributed by atoms with Gasteiger partial charge in [0.2, 0.25) is 5.91 Å². The van der Waals surface area contributed by atoms with Crippen LogP contribution in [0.1, 0.15) is 16.7 Å². The molecule has 0 bridgehead atoms. The average molecular weight is 394 g/mol. The van der Waals surface area contributed by atoms with Crippen molar-refractivity contribution >= 4 is 12.0 Å². The standard InChI is InChI=1S/C25H22N4O/c30-24(14-13-20-10-7-15-26-16-20)27-17-23-19-29(18-21-8-3-1-4-9-21)28-25(23)22-11-5-2-6-12-22/h1-16,19H,17-18H2,(H,27,30)/b14-13+. The van der Waals surface area contributed by atoms with Gasteiger partial charge in [0.05, 0.1) is 12.2 Å². The van der Waals surface area contributed by atoms with Crippen molar-refractivity contribution < 1.29 is 4.79 Å². The predicted molar refractivity (Wildman–Crippen MR) is 118 cm³/mol. The highest BCUT2D eigenvalue weighted by molar-refractivity contribution is 5.91. The third-order valence-electron chi connectivity index (χ3n) is 4.64. The first-order valence-corrected chi connectivity index (χ1v) is 9.79. The number of rotatable bonds is 7. The van der Waals surface area contributed by atoms with Crippen LogP contribution in [-0.2, 0) is 17.9 Å². The van der Waals surface area contributed by atoms with Gasteiger partial charge in [0.15, 0.2) is 0 Å². The third kappa shape index (κ3) is 5.08. The van der Waals surface area contributed by atoms with Gasteiger partial charge in [0.25, 0.3) is 0 Å². The Morgan fingerprint density at radius 3 is 2.47 bits per heavy atom. The number of hydrogen-bond acceptors (Lipinski definition) is 3. The molecule has 0 atom stereocenters. The molecule has 0 saturated heterocycles. The van der Waals surface area contributed by atoms with Crippen molar-refractivity contribution in [3.8, 4) is 11.3 Å². The molecule has 0 saturated carbocycles. The zero-order valence-electron chi connectivity index (χ0n) is 16.5. The first-order chi connectivity index (χ1) is 14.8. The molecule has 1 N–H and O–H groups in total. The van der Waals surface area contributed by atoms with E-state index in [0.29, 0.717) is 13.1 Å². The van der Waals surface area contributed by atoms with Gasteiger partial charge in [0, 0.05) is 42.3 Å². The minimum Gasteiger partial charge on any atom is -0.348 e. The molecule has 0 fully saturated rings. The zero-order chi connectivity index (χ0) is 20.6. The first-order valence-electron chi connectivity index (χ1n) is 9.79. The molecule has 2 aromatic heterocycles. The van der Waals surface area contributed by atoms with Gasteiger partial charge >= 0.3 is 0 Å². The lowest BCUT2D eigenvalue weighted by molar-refractivity contribution is -0.116. The Hall–Kier alpha value is -3.99. The van der Waals surface area contributed by atoms with Crippen molar-refractivity contribution in [3.05, 3.63) is 114 Å². The summed E-state index contributed by atoms with van der Waals surface area (Å²) in [6.45, 7) is 1.07. The molecule has 0 unspecified atom stereocenters. The summed E-state index contributed by atoms with van der Waals surface area (Å²) < 4.78 is 1.92. The number of pyridine rings is 1. The Bertz CT molecular complexity index is 1120. The number of nitrogens with one attached hydrogen (secondary N) is 1. The van der Waals surface area contributed by atoms with Gasteiger partial charge in [-0.15, -0.1) is 0 Å². The molecule has 0 aliphatic heterocycles. The van der Waals surface area contributed by atoms with Crippen LogP contribution in [0.2, 0.25) is 0 Å². The summed E-state index contributed by atoms with van der Waals surface area (Å²) >= 11 is 0. The van der Waals surface area contributed by atoms with Crippen LogP contribution >= 0.6 is 0 Å². The summed E-state index contributed by atoms with van der Waals surface area (Å²) in [7, 11) is 0. The van der Waals surface area contributed by atoms with Gasteiger partial charge in [0.1, 0.15) is 0 Å². The van der Waals surface area contributed by atoms with Gasteiger partial charge in [-0.25, -0.2) is 0 Å². The molecule has 5 heteroatoms. The van der Waals surface area contributed by atoms with E-state index in [0.717, 1.165) is 22.4 Å². The number of amides is 1. The summed E-state index contributed by atoms with van der Waals surface area (Å²) in [4.78, 5) is 16.3. The molecular formula is C25H22N4O. The highest BCUT2D eigenvalue weighted by Crippen LogP contribution is 2.22. The van der Waals surface area contributed by atoms with Crippen LogP contribution in [0, 0.1) is 0 Å². The van der Waals surface area contributed by atoms with E-state index in [-0.39, 0.29) is 5.91 Å². The monoisotopic (exact) mass is 394 g/mol. The van der Waals surface area contributed by atoms with Crippen molar-refractivity contribution in [3.63, 3.8) is 0 Å². The zero-order valence-corrected chi connectivity index (χ0v) is 16.5. The molecule has 5 nitrogen and oxygen atoms in total. The number of carbonyl (C=O) groups excluding carboxylic acids is 1. The van der Waals surface area contributed by atoms with E-state index in [2.05, 4.69) is 22.4 Å². The molecule has 4 rings (SSSR count). The van der Waals surface area contributed by atoms with E-state index in [4.69, 9.17) is 5.10 Å². The number of benzene rings is 2. The average Bonchev–Trinajstić information content (AvgIpc) is 3.21. The molecule has 0 aliphatic rings. The smallest absolute Gasteiger partial charge is 0.244 e. The number of carbonyl (C=O) groups is 1. The quantitative estimate of drug-likeness (QED) is 0.475. The summed E-state index contributed by atoms with van der Waals surface area (Å²) in [5, 5.41) is 7.74. The molecule has 30 heavy (non-hydrogen) atoms. The Kier molecular flexibility index (Phi) is 6.11. The Morgan fingerprint density at radius 2 is 1.73 bits per heavy atom. The fourth-order valence-corrected chi connectivity index (χ4v) is 3.17. The fourth-order valence-electron chi connectivity index (χ4n) is 3.17. The summed E-state index contributed by atoms with van der Waals surface area (Å²) in [5.41, 5.74) is 4.94. The van der Waals surface area contributed by atoms with Crippen LogP contribution in [0.3, 0.4) is 0 Å². The largest absolute Gasteiger partial charge is 0.348 e. The van der Waals surface area contributed by atoms with Crippen molar-refractivity contribution in [1.29, 1.82) is 0 Å². The highest BCUT2D eigenvalue weighted by Gasteiger charge is 2.12. The van der Waals surface area contributed by atoms with E-state index in [1.807, 2.05) is 71.5 Å². The van der Waals surface area contributed by atoms with Gasteiger partial charge in [-0.2, -0.15) is 5.10 Å². The van der Waals surface area contributed by atoms with Crippen molar-refractivity contribution in [2.75, 3.05) is 0 Å². The van der Waals surface area contributed by atoms with Crippen molar-refractivity contribution in [1.82, 2.24) is 20.1 Å². The Morgan fingerprint density at radius 1 is 0.967 bits per heavy atom. The van der Waals surface area contributed by atoms with Gasteiger partial charge in [-0.1, -0.05) is 66.7 Å². The van der Waals surface area contributed by atoms with Crippen LogP contribution in [0.15, 0.2) is 97.5 Å². The number of hydrogen-bond donors (Lipinski definition) is 1. The molecule has 1 amide bonds. The van der Waals surface area contributed by atoms with E-state index in [1.54, 1.807) is 18.5 Å². The molecule has 2 heterocycles. The minimum atomic E-state index is -0.159. The number of nitrogens with zero attached hydrogens (tertiary/aromatic N) is 3. The summed E-state index contributed by atoms with van der Waals surface area (Å²) in [5.74, 6) is -0.159. The Balaban J connectivity index is 1.50. The van der Waals surface area contributed by atoms with Crippen molar-refractivity contribution in [2.45, 2.75) is 13.1 Å². The van der Waals surface area contributed by atoms with E-state index in [1.165, 1.54) is 11.6 Å². The molecule has 0 aliphatic carbocycles. The van der Waals surface area contributed by atoms with Crippen LogP contribution in [0.5, 0.6) is 0 Å². The van der Waals surface area contributed by atoms with Gasteiger partial charge in [-0.3, -0.25) is 14.5 Å². The molecule has 0 spiro atoms. The third-order valence-corrected chi connectivity index (χ3v) is 4.64. The second-order valence-corrected chi connectivity index (χ2v) is 6.89. The molecule has 2 aromatic carbocycles. The maximum absolute atomic E-state index is 12.3. The van der Waals surface area contributed by atoms with Gasteiger partial charge < -0.3 is 5.32 Å². The number of aromatic nitrogens is 3. The van der Waals surface area contributed by atoms with Gasteiger partial charge in [-0.05, 0) is 23.3 Å². The Labute approximate surface area is 175 Å². The maximum atomic E-state index is 12.3. The normalized spacial score (nSPS) is 10.9. The summed E-state index contributed by atoms with van der Waals surface area (Å²) in [6, 6.07) is 24.0. The lowest BCUT2D eigenvalue weighted by Crippen LogP contribution is -2.20. The lowest BCUT2D eigenvalue weighted by atomic mass is 10.1. The van der Waals surface area contributed by atoms with Crippen LogP contribution < -0.4 is 5.32 Å². The summed E-state index contributed by atoms with van der Waals surface area (Å²) in [6.07, 6.45) is 8.69. The molecule has 148 valence electrons. The predicted octanol–water partition coefficient (Wildman–Crippen LogP) is 4.32. The van der Waals surface area contributed by atoms with Crippen LogP contribution in [0.4, 0.5) is 0 Å². The highest BCUT2D eigenvalue weighted by atomic mass is 16.1. The topological polar surface area (TPSA) is 59.8 Å². The molecule has 0 radical (unpaired) electrons. The minimum absolute atomic E-state index is 0.159. The SMILES string of the molecule is O=C(/C=C/c1cccnc1)NCc1cn(Cc2ccccc2)nc1-c1ccccc1. The van der Waals surface area contributed by atoms with E-state index < -0.39 is 0 Å². The fraction of sp³-hybridized carbons (Fsp3) is 0.0800. The lowest BCUT2D eigenvalue weighted by Gasteiger charge is -2.03. The van der Waals surface area contributed by atoms with E-state index >= 15 is 0 Å². The molecular weight excluding hydrogens is 372 g/mol. The maximum Gasteiger partial charge on any atom is 0.244 e.